The fraction of sp³-hybridized carbons (Fsp3) is 0.0556. The largest absolute Gasteiger partial charge is 0.253 e. The van der Waals surface area contributed by atoms with Gasteiger partial charge in [-0.25, -0.2) is 0 Å². The first kappa shape index (κ1) is 11.7. The van der Waals surface area contributed by atoms with Crippen LogP contribution in [0, 0.1) is 6.92 Å². The predicted molar refractivity (Wildman–Crippen MR) is 81.1 cm³/mol. The third-order valence-electron chi connectivity index (χ3n) is 3.29. The van der Waals surface area contributed by atoms with Crippen LogP contribution in [0.1, 0.15) is 16.8 Å². The Kier molecular flexibility index (Phi) is 2.88. The second-order valence-electron chi connectivity index (χ2n) is 4.67. The highest BCUT2D eigenvalue weighted by atomic mass is 14.7. The molecular weight excluding hydrogens is 230 g/mol. The highest BCUT2D eigenvalue weighted by molar-refractivity contribution is 5.95. The van der Waals surface area contributed by atoms with Gasteiger partial charge in [0, 0.05) is 11.1 Å². The molecular formula is C18H15N. The zero-order chi connectivity index (χ0) is 13.2. The van der Waals surface area contributed by atoms with E-state index in [2.05, 4.69) is 35.8 Å². The molecule has 1 nitrogen and oxygen atoms in total. The van der Waals surface area contributed by atoms with Gasteiger partial charge in [-0.1, -0.05) is 55.1 Å². The minimum atomic E-state index is 1.02. The second-order valence-corrected chi connectivity index (χ2v) is 4.67. The summed E-state index contributed by atoms with van der Waals surface area (Å²) in [5, 5.41) is 1.15. The summed E-state index contributed by atoms with van der Waals surface area (Å²) >= 11 is 0. The zero-order valence-corrected chi connectivity index (χ0v) is 10.9. The van der Waals surface area contributed by atoms with E-state index in [-0.39, 0.29) is 0 Å². The molecule has 0 fully saturated rings. The molecule has 19 heavy (non-hydrogen) atoms. The Bertz CT molecular complexity index is 742. The first-order chi connectivity index (χ1) is 9.25. The van der Waals surface area contributed by atoms with Crippen molar-refractivity contribution in [3.8, 4) is 0 Å². The molecule has 0 amide bonds. The molecule has 0 N–H and O–H groups in total. The maximum absolute atomic E-state index is 4.57. The summed E-state index contributed by atoms with van der Waals surface area (Å²) in [4.78, 5) is 4.57. The number of fused-ring (bicyclic) bond motifs is 1. The summed E-state index contributed by atoms with van der Waals surface area (Å²) in [5.74, 6) is 0. The van der Waals surface area contributed by atoms with Crippen molar-refractivity contribution in [2.75, 3.05) is 0 Å². The van der Waals surface area contributed by atoms with Crippen LogP contribution in [0.3, 0.4) is 0 Å². The van der Waals surface area contributed by atoms with Gasteiger partial charge in [0.25, 0.3) is 0 Å². The number of benzene rings is 2. The molecule has 0 aliphatic heterocycles. The molecule has 0 aliphatic rings. The molecule has 1 heterocycles. The monoisotopic (exact) mass is 245 g/mol. The molecule has 0 spiro atoms. The van der Waals surface area contributed by atoms with Gasteiger partial charge >= 0.3 is 0 Å². The lowest BCUT2D eigenvalue weighted by Gasteiger charge is -2.11. The number of hydrogen-bond donors (Lipinski definition) is 0. The molecule has 1 aromatic heterocycles. The Morgan fingerprint density at radius 2 is 1.63 bits per heavy atom. The third-order valence-corrected chi connectivity index (χ3v) is 3.29. The lowest BCUT2D eigenvalue weighted by Crippen LogP contribution is -1.92. The summed E-state index contributed by atoms with van der Waals surface area (Å²) < 4.78 is 0. The summed E-state index contributed by atoms with van der Waals surface area (Å²) in [5.41, 5.74) is 5.40. The summed E-state index contributed by atoms with van der Waals surface area (Å²) in [7, 11) is 0. The van der Waals surface area contributed by atoms with Crippen LogP contribution in [0.2, 0.25) is 0 Å². The van der Waals surface area contributed by atoms with Gasteiger partial charge in [0.15, 0.2) is 0 Å². The zero-order valence-electron chi connectivity index (χ0n) is 10.9. The topological polar surface area (TPSA) is 12.9 Å². The van der Waals surface area contributed by atoms with Crippen LogP contribution in [0.25, 0.3) is 16.5 Å². The van der Waals surface area contributed by atoms with Crippen molar-refractivity contribution in [2.24, 2.45) is 0 Å². The lowest BCUT2D eigenvalue weighted by molar-refractivity contribution is 1.25. The van der Waals surface area contributed by atoms with Crippen molar-refractivity contribution in [3.05, 3.63) is 84.1 Å². The number of hydrogen-bond acceptors (Lipinski definition) is 1. The van der Waals surface area contributed by atoms with Crippen LogP contribution >= 0.6 is 0 Å². The third kappa shape index (κ3) is 2.15. The molecule has 0 atom stereocenters. The summed E-state index contributed by atoms with van der Waals surface area (Å²) in [6, 6.07) is 20.6. The minimum Gasteiger partial charge on any atom is -0.253 e. The molecule has 2 aromatic carbocycles. The molecule has 0 saturated carbocycles. The van der Waals surface area contributed by atoms with Gasteiger partial charge in [-0.05, 0) is 35.8 Å². The number of aryl methyl sites for hydroxylation is 1. The van der Waals surface area contributed by atoms with Crippen LogP contribution in [0.15, 0.2) is 67.2 Å². The Balaban J connectivity index is 2.23. The van der Waals surface area contributed by atoms with Gasteiger partial charge in [-0.15, -0.1) is 0 Å². The molecule has 0 saturated heterocycles. The number of rotatable bonds is 2. The average molecular weight is 245 g/mol. The van der Waals surface area contributed by atoms with Crippen molar-refractivity contribution < 1.29 is 0 Å². The van der Waals surface area contributed by atoms with Gasteiger partial charge < -0.3 is 0 Å². The summed E-state index contributed by atoms with van der Waals surface area (Å²) in [6.45, 7) is 6.28. The first-order valence-electron chi connectivity index (χ1n) is 6.37. The maximum atomic E-state index is 4.57. The fourth-order valence-corrected chi connectivity index (χ4v) is 2.35. The standard InChI is InChI=1S/C18H15N/c1-13-12-17(14(2)15-8-4-3-5-9-15)16-10-6-7-11-18(16)19-13/h3-12H,2H2,1H3. The normalized spacial score (nSPS) is 10.6. The van der Waals surface area contributed by atoms with Crippen LogP contribution in [-0.4, -0.2) is 4.98 Å². The molecule has 0 aliphatic carbocycles. The van der Waals surface area contributed by atoms with Crippen LogP contribution in [-0.2, 0) is 0 Å². The van der Waals surface area contributed by atoms with E-state index >= 15 is 0 Å². The number of nitrogens with zero attached hydrogens (tertiary/aromatic N) is 1. The molecule has 1 heteroatoms. The van der Waals surface area contributed by atoms with Crippen molar-refractivity contribution in [2.45, 2.75) is 6.92 Å². The number of pyridine rings is 1. The van der Waals surface area contributed by atoms with Crippen LogP contribution in [0.5, 0.6) is 0 Å². The van der Waals surface area contributed by atoms with Gasteiger partial charge in [0.05, 0.1) is 5.52 Å². The van der Waals surface area contributed by atoms with Crippen LogP contribution in [0.4, 0.5) is 0 Å². The Morgan fingerprint density at radius 1 is 0.947 bits per heavy atom. The summed E-state index contributed by atoms with van der Waals surface area (Å²) in [6.07, 6.45) is 0. The fourth-order valence-electron chi connectivity index (χ4n) is 2.35. The SMILES string of the molecule is C=C(c1ccccc1)c1cc(C)nc2ccccc12. The Morgan fingerprint density at radius 3 is 2.42 bits per heavy atom. The molecule has 92 valence electrons. The van der Waals surface area contributed by atoms with E-state index in [9.17, 15) is 0 Å². The quantitative estimate of drug-likeness (QED) is 0.642. The smallest absolute Gasteiger partial charge is 0.0711 e. The van der Waals surface area contributed by atoms with E-state index in [0.29, 0.717) is 0 Å². The van der Waals surface area contributed by atoms with Gasteiger partial charge in [-0.2, -0.15) is 0 Å². The maximum Gasteiger partial charge on any atom is 0.0711 e. The lowest BCUT2D eigenvalue weighted by atomic mass is 9.96. The van der Waals surface area contributed by atoms with Crippen molar-refractivity contribution >= 4 is 16.5 Å². The van der Waals surface area contributed by atoms with Gasteiger partial charge in [0.1, 0.15) is 0 Å². The van der Waals surface area contributed by atoms with E-state index < -0.39 is 0 Å². The molecule has 3 aromatic rings. The van der Waals surface area contributed by atoms with E-state index in [1.54, 1.807) is 0 Å². The Hall–Kier alpha value is -2.41. The molecule has 0 bridgehead atoms. The highest BCUT2D eigenvalue weighted by Crippen LogP contribution is 2.28. The van der Waals surface area contributed by atoms with Gasteiger partial charge in [0.2, 0.25) is 0 Å². The van der Waals surface area contributed by atoms with E-state index in [1.165, 1.54) is 0 Å². The van der Waals surface area contributed by atoms with Crippen molar-refractivity contribution in [1.82, 2.24) is 4.98 Å². The van der Waals surface area contributed by atoms with Crippen LogP contribution < -0.4 is 0 Å². The molecule has 3 rings (SSSR count). The average Bonchev–Trinajstić information content (AvgIpc) is 2.46. The first-order valence-corrected chi connectivity index (χ1v) is 6.37. The van der Waals surface area contributed by atoms with E-state index in [4.69, 9.17) is 0 Å². The molecule has 0 unspecified atom stereocenters. The Labute approximate surface area is 113 Å². The van der Waals surface area contributed by atoms with Gasteiger partial charge in [-0.3, -0.25) is 4.98 Å². The highest BCUT2D eigenvalue weighted by Gasteiger charge is 2.08. The number of para-hydroxylation sites is 1. The predicted octanol–water partition coefficient (Wildman–Crippen LogP) is 4.60. The van der Waals surface area contributed by atoms with Crippen molar-refractivity contribution in [1.29, 1.82) is 0 Å². The number of aromatic nitrogens is 1. The van der Waals surface area contributed by atoms with Crippen molar-refractivity contribution in [3.63, 3.8) is 0 Å². The minimum absolute atomic E-state index is 1.02. The second kappa shape index (κ2) is 4.69. The van der Waals surface area contributed by atoms with E-state index in [1.807, 2.05) is 43.3 Å². The molecule has 0 radical (unpaired) electrons. The van der Waals surface area contributed by atoms with E-state index in [0.717, 1.165) is 33.3 Å².